The first-order valence-corrected chi connectivity index (χ1v) is 4.14. The maximum atomic E-state index is 9.90. The molecule has 16 heavy (non-hydrogen) atoms. The van der Waals surface area contributed by atoms with Gasteiger partial charge in [-0.1, -0.05) is 0 Å². The monoisotopic (exact) mass is 223 g/mol. The lowest BCUT2D eigenvalue weighted by Gasteiger charge is -1.95. The molecule has 84 valence electrons. The molecule has 0 radical (unpaired) electrons. The Bertz CT molecular complexity index is 426. The van der Waals surface area contributed by atoms with E-state index in [2.05, 4.69) is 15.6 Å². The highest BCUT2D eigenvalue weighted by molar-refractivity contribution is 5.82. The molecule has 0 amide bonds. The third kappa shape index (κ3) is 4.05. The summed E-state index contributed by atoms with van der Waals surface area (Å²) in [6.07, 6.45) is 1.38. The number of hydrogen-bond acceptors (Lipinski definition) is 4. The van der Waals surface area contributed by atoms with E-state index in [-0.39, 0.29) is 5.75 Å². The average Bonchev–Trinajstić information content (AvgIpc) is 2.20. The fourth-order valence-electron chi connectivity index (χ4n) is 0.844. The quantitative estimate of drug-likeness (QED) is 0.283. The van der Waals surface area contributed by atoms with E-state index in [9.17, 15) is 10.1 Å². The van der Waals surface area contributed by atoms with E-state index in [4.69, 9.17) is 10.8 Å². The molecule has 1 aromatic rings. The van der Waals surface area contributed by atoms with Crippen LogP contribution in [-0.4, -0.2) is 22.3 Å². The van der Waals surface area contributed by atoms with Crippen molar-refractivity contribution in [2.24, 2.45) is 15.9 Å². The number of rotatable bonds is 3. The Morgan fingerprint density at radius 3 is 2.69 bits per heavy atom. The number of nitrogens with zero attached hydrogens (tertiary/aromatic N) is 3. The van der Waals surface area contributed by atoms with E-state index in [0.29, 0.717) is 5.56 Å². The summed E-state index contributed by atoms with van der Waals surface area (Å²) in [5, 5.41) is 24.3. The molecule has 0 heterocycles. The van der Waals surface area contributed by atoms with Crippen LogP contribution in [0.2, 0.25) is 0 Å². The number of phenols is 1. The van der Waals surface area contributed by atoms with Gasteiger partial charge in [0, 0.05) is 0 Å². The van der Waals surface area contributed by atoms with Gasteiger partial charge in [-0.25, -0.2) is 15.5 Å². The van der Waals surface area contributed by atoms with E-state index >= 15 is 0 Å². The molecule has 1 rings (SSSR count). The van der Waals surface area contributed by atoms with Crippen molar-refractivity contribution in [1.82, 2.24) is 5.43 Å². The molecule has 0 bridgehead atoms. The van der Waals surface area contributed by atoms with Crippen molar-refractivity contribution in [3.8, 4) is 5.75 Å². The zero-order valence-electron chi connectivity index (χ0n) is 8.07. The second-order valence-electron chi connectivity index (χ2n) is 2.68. The minimum absolute atomic E-state index is 0.138. The van der Waals surface area contributed by atoms with Crippen molar-refractivity contribution < 1.29 is 10.1 Å². The van der Waals surface area contributed by atoms with Crippen molar-refractivity contribution in [1.29, 1.82) is 0 Å². The number of nitro groups is 1. The van der Waals surface area contributed by atoms with Crippen molar-refractivity contribution in [3.63, 3.8) is 0 Å². The second-order valence-corrected chi connectivity index (χ2v) is 2.68. The fraction of sp³-hybridized carbons (Fsp3) is 0. The number of hydrazone groups is 2. The summed E-state index contributed by atoms with van der Waals surface area (Å²) in [7, 11) is 0. The summed E-state index contributed by atoms with van der Waals surface area (Å²) in [6.45, 7) is 0. The number of hydrogen-bond donors (Lipinski definition) is 3. The number of phenolic OH excluding ortho intramolecular Hbond substituents is 1. The van der Waals surface area contributed by atoms with Crippen LogP contribution in [0.3, 0.4) is 0 Å². The molecule has 0 saturated carbocycles. The number of nitrogens with one attached hydrogen (secondary N) is 1. The minimum Gasteiger partial charge on any atom is -0.508 e. The van der Waals surface area contributed by atoms with Gasteiger partial charge < -0.3 is 10.8 Å². The molecule has 0 aliphatic heterocycles. The van der Waals surface area contributed by atoms with Crippen LogP contribution in [0.1, 0.15) is 5.56 Å². The van der Waals surface area contributed by atoms with Crippen LogP contribution in [0, 0.1) is 10.1 Å². The SMILES string of the molecule is N/C(=N\[N+](=O)[O-])N/N=C\c1ccc(O)cc1. The molecular formula is C8H9N5O3. The normalized spacial score (nSPS) is 11.6. The molecule has 0 aliphatic carbocycles. The highest BCUT2D eigenvalue weighted by atomic mass is 16.7. The third-order valence-corrected chi connectivity index (χ3v) is 1.48. The summed E-state index contributed by atoms with van der Waals surface area (Å²) in [5.74, 6) is -0.278. The van der Waals surface area contributed by atoms with Crippen LogP contribution in [0.5, 0.6) is 5.75 Å². The van der Waals surface area contributed by atoms with E-state index in [0.717, 1.165) is 0 Å². The van der Waals surface area contributed by atoms with Crippen LogP contribution < -0.4 is 11.2 Å². The molecule has 8 heteroatoms. The summed E-state index contributed by atoms with van der Waals surface area (Å²) < 4.78 is 0. The van der Waals surface area contributed by atoms with Gasteiger partial charge in [-0.3, -0.25) is 0 Å². The molecule has 0 aromatic heterocycles. The van der Waals surface area contributed by atoms with Crippen molar-refractivity contribution >= 4 is 12.2 Å². The average molecular weight is 223 g/mol. The Labute approximate surface area is 90.2 Å². The molecule has 0 spiro atoms. The largest absolute Gasteiger partial charge is 0.508 e. The smallest absolute Gasteiger partial charge is 0.286 e. The Hall–Kier alpha value is -2.64. The maximum Gasteiger partial charge on any atom is 0.286 e. The highest BCUT2D eigenvalue weighted by Gasteiger charge is 1.95. The summed E-state index contributed by atoms with van der Waals surface area (Å²) in [6, 6.07) is 6.19. The lowest BCUT2D eigenvalue weighted by molar-refractivity contribution is -0.485. The molecule has 0 saturated heterocycles. The van der Waals surface area contributed by atoms with Crippen LogP contribution >= 0.6 is 0 Å². The van der Waals surface area contributed by atoms with Gasteiger partial charge in [-0.15, -0.1) is 0 Å². The number of benzene rings is 1. The van der Waals surface area contributed by atoms with Gasteiger partial charge in [0.1, 0.15) is 10.9 Å². The van der Waals surface area contributed by atoms with E-state index in [1.54, 1.807) is 12.1 Å². The van der Waals surface area contributed by atoms with Gasteiger partial charge in [0.15, 0.2) is 5.03 Å². The summed E-state index contributed by atoms with van der Waals surface area (Å²) in [4.78, 5) is 9.90. The Morgan fingerprint density at radius 2 is 2.12 bits per heavy atom. The fourth-order valence-corrected chi connectivity index (χ4v) is 0.844. The number of guanidine groups is 1. The maximum absolute atomic E-state index is 9.90. The molecule has 4 N–H and O–H groups in total. The first kappa shape index (κ1) is 11.4. The summed E-state index contributed by atoms with van der Waals surface area (Å²) in [5.41, 5.74) is 7.97. The first-order chi connectivity index (χ1) is 7.58. The molecule has 0 atom stereocenters. The van der Waals surface area contributed by atoms with Crippen molar-refractivity contribution in [2.75, 3.05) is 0 Å². The van der Waals surface area contributed by atoms with E-state index in [1.165, 1.54) is 18.3 Å². The first-order valence-electron chi connectivity index (χ1n) is 4.14. The van der Waals surface area contributed by atoms with Gasteiger partial charge in [0.05, 0.1) is 6.21 Å². The predicted molar refractivity (Wildman–Crippen MR) is 57.5 cm³/mol. The molecule has 0 fully saturated rings. The Morgan fingerprint density at radius 1 is 1.50 bits per heavy atom. The molecule has 0 aliphatic rings. The van der Waals surface area contributed by atoms with Crippen LogP contribution in [0.15, 0.2) is 34.5 Å². The highest BCUT2D eigenvalue weighted by Crippen LogP contribution is 2.07. The van der Waals surface area contributed by atoms with Crippen LogP contribution in [0.4, 0.5) is 0 Å². The molecule has 1 aromatic carbocycles. The van der Waals surface area contributed by atoms with Gasteiger partial charge in [-0.05, 0) is 29.8 Å². The molecule has 8 nitrogen and oxygen atoms in total. The topological polar surface area (TPSA) is 126 Å². The zero-order valence-corrected chi connectivity index (χ0v) is 8.07. The Balaban J connectivity index is 2.55. The van der Waals surface area contributed by atoms with E-state index in [1.807, 2.05) is 0 Å². The lowest BCUT2D eigenvalue weighted by Crippen LogP contribution is -2.28. The summed E-state index contributed by atoms with van der Waals surface area (Å²) >= 11 is 0. The van der Waals surface area contributed by atoms with Crippen LogP contribution in [0.25, 0.3) is 0 Å². The second kappa shape index (κ2) is 5.29. The van der Waals surface area contributed by atoms with Crippen molar-refractivity contribution in [3.05, 3.63) is 39.9 Å². The van der Waals surface area contributed by atoms with Crippen LogP contribution in [-0.2, 0) is 0 Å². The number of aromatic hydroxyl groups is 1. The molecular weight excluding hydrogens is 214 g/mol. The standard InChI is InChI=1S/C8H9N5O3/c9-8(12-13(15)16)11-10-5-6-1-3-7(14)4-2-6/h1-5,14H,(H3,9,11,12)/b10-5-. The zero-order chi connectivity index (χ0) is 12.0. The molecule has 0 unspecified atom stereocenters. The van der Waals surface area contributed by atoms with Gasteiger partial charge in [0.2, 0.25) is 0 Å². The third-order valence-electron chi connectivity index (χ3n) is 1.48. The Kier molecular flexibility index (Phi) is 3.78. The van der Waals surface area contributed by atoms with Gasteiger partial charge in [-0.2, -0.15) is 5.10 Å². The van der Waals surface area contributed by atoms with Crippen molar-refractivity contribution in [2.45, 2.75) is 0 Å². The number of nitrogens with two attached hydrogens (primary N) is 1. The predicted octanol–water partition coefficient (Wildman–Crippen LogP) is -0.178. The minimum atomic E-state index is -0.932. The van der Waals surface area contributed by atoms with E-state index < -0.39 is 11.0 Å². The van der Waals surface area contributed by atoms with Gasteiger partial charge >= 0.3 is 0 Å². The lowest BCUT2D eigenvalue weighted by atomic mass is 10.2. The van der Waals surface area contributed by atoms with Gasteiger partial charge in [0.25, 0.3) is 5.96 Å².